The van der Waals surface area contributed by atoms with Crippen molar-refractivity contribution in [2.75, 3.05) is 13.2 Å². The topological polar surface area (TPSA) is 66.9 Å². The summed E-state index contributed by atoms with van der Waals surface area (Å²) in [5.41, 5.74) is 2.54. The highest BCUT2D eigenvalue weighted by molar-refractivity contribution is 6.32. The molecule has 2 aromatic carbocycles. The highest BCUT2D eigenvalue weighted by Crippen LogP contribution is 2.36. The first-order chi connectivity index (χ1) is 15.6. The number of benzene rings is 2. The first kappa shape index (κ1) is 22.1. The van der Waals surface area contributed by atoms with Crippen molar-refractivity contribution in [3.05, 3.63) is 64.1 Å². The molecule has 1 saturated heterocycles. The first-order valence-electron chi connectivity index (χ1n) is 10.7. The van der Waals surface area contributed by atoms with Crippen LogP contribution in [0.3, 0.4) is 0 Å². The van der Waals surface area contributed by atoms with E-state index in [-0.39, 0.29) is 25.2 Å². The van der Waals surface area contributed by atoms with Crippen molar-refractivity contribution < 1.29 is 19.0 Å². The zero-order valence-corrected chi connectivity index (χ0v) is 18.6. The maximum atomic E-state index is 11.9. The molecule has 7 nitrogen and oxygen atoms in total. The van der Waals surface area contributed by atoms with Crippen molar-refractivity contribution in [3.63, 3.8) is 0 Å². The quantitative estimate of drug-likeness (QED) is 0.343. The van der Waals surface area contributed by atoms with Gasteiger partial charge in [-0.05, 0) is 44.4 Å². The van der Waals surface area contributed by atoms with Crippen LogP contribution in [0.2, 0.25) is 5.02 Å². The highest BCUT2D eigenvalue weighted by Gasteiger charge is 2.24. The van der Waals surface area contributed by atoms with E-state index >= 15 is 0 Å². The molecule has 1 fully saturated rings. The van der Waals surface area contributed by atoms with Gasteiger partial charge in [0.2, 0.25) is 5.69 Å². The average Bonchev–Trinajstić information content (AvgIpc) is 3.17. The summed E-state index contributed by atoms with van der Waals surface area (Å²) in [5, 5.41) is 6.00. The number of aromatic nitrogens is 2. The fourth-order valence-corrected chi connectivity index (χ4v) is 4.11. The Bertz CT molecular complexity index is 1160. The molecule has 0 N–H and O–H groups in total. The lowest BCUT2D eigenvalue weighted by Crippen LogP contribution is -2.19. The fraction of sp³-hybridized carbons (Fsp3) is 0.375. The number of halogens is 1. The zero-order valence-electron chi connectivity index (χ0n) is 17.8. The van der Waals surface area contributed by atoms with Crippen molar-refractivity contribution in [2.45, 2.75) is 45.4 Å². The molecule has 4 rings (SSSR count). The van der Waals surface area contributed by atoms with Crippen molar-refractivity contribution in [1.82, 2.24) is 9.78 Å². The van der Waals surface area contributed by atoms with Gasteiger partial charge in [-0.25, -0.2) is 9.53 Å². The van der Waals surface area contributed by atoms with Crippen molar-refractivity contribution in [2.24, 2.45) is 0 Å². The second kappa shape index (κ2) is 10.0. The molecule has 0 radical (unpaired) electrons. The number of fused-ring (bicyclic) bond motifs is 1. The molecule has 0 bridgehead atoms. The van der Waals surface area contributed by atoms with Crippen LogP contribution in [-0.2, 0) is 27.3 Å². The average molecular weight is 454 g/mol. The lowest BCUT2D eigenvalue weighted by molar-refractivity contribution is -0.142. The predicted molar refractivity (Wildman–Crippen MR) is 121 cm³/mol. The number of carbonyl (C=O) groups excluding carboxylic acids is 1. The Morgan fingerprint density at radius 3 is 2.94 bits per heavy atom. The summed E-state index contributed by atoms with van der Waals surface area (Å²) >= 11 is 6.30. The summed E-state index contributed by atoms with van der Waals surface area (Å²) in [6.45, 7) is 10.6. The number of hydrogen-bond acceptors (Lipinski definition) is 5. The minimum absolute atomic E-state index is 0.128. The second-order valence-corrected chi connectivity index (χ2v) is 7.96. The molecule has 32 heavy (non-hydrogen) atoms. The molecule has 0 spiro atoms. The van der Waals surface area contributed by atoms with E-state index in [1.165, 1.54) is 0 Å². The van der Waals surface area contributed by atoms with E-state index < -0.39 is 0 Å². The van der Waals surface area contributed by atoms with E-state index in [9.17, 15) is 4.79 Å². The van der Waals surface area contributed by atoms with Gasteiger partial charge < -0.3 is 14.2 Å². The summed E-state index contributed by atoms with van der Waals surface area (Å²) in [6, 6.07) is 10.8. The van der Waals surface area contributed by atoms with E-state index in [1.807, 2.05) is 24.3 Å². The van der Waals surface area contributed by atoms with Crippen LogP contribution < -0.4 is 4.74 Å². The molecule has 1 aliphatic rings. The van der Waals surface area contributed by atoms with E-state index in [2.05, 4.69) is 4.85 Å². The molecule has 1 aromatic heterocycles. The van der Waals surface area contributed by atoms with E-state index in [4.69, 9.17) is 37.5 Å². The lowest BCUT2D eigenvalue weighted by Gasteiger charge is -2.23. The van der Waals surface area contributed by atoms with Crippen LogP contribution in [0.5, 0.6) is 5.75 Å². The van der Waals surface area contributed by atoms with Gasteiger partial charge in [0, 0.05) is 22.6 Å². The van der Waals surface area contributed by atoms with Crippen LogP contribution in [0.25, 0.3) is 15.7 Å². The smallest absolute Gasteiger partial charge is 0.310 e. The molecule has 3 aromatic rings. The zero-order chi connectivity index (χ0) is 22.5. The molecule has 2 heterocycles. The Hall–Kier alpha value is -3.08. The van der Waals surface area contributed by atoms with Crippen LogP contribution in [0.15, 0.2) is 36.4 Å². The molecular formula is C24H24ClN3O4. The SMILES string of the molecule is [C-]#[N+]c1cc(Cl)cc2c(COc3ccccc3CC(=O)OCC)nn(C3CCCCO3)c12. The van der Waals surface area contributed by atoms with Gasteiger partial charge in [-0.15, -0.1) is 0 Å². The fourth-order valence-electron chi connectivity index (χ4n) is 3.90. The summed E-state index contributed by atoms with van der Waals surface area (Å²) in [4.78, 5) is 15.6. The number of nitrogens with zero attached hydrogens (tertiary/aromatic N) is 3. The van der Waals surface area contributed by atoms with Crippen LogP contribution in [0, 0.1) is 6.57 Å². The van der Waals surface area contributed by atoms with Gasteiger partial charge in [-0.2, -0.15) is 5.10 Å². The summed E-state index contributed by atoms with van der Waals surface area (Å²) in [5.74, 6) is 0.283. The molecule has 1 unspecified atom stereocenters. The number of esters is 1. The minimum Gasteiger partial charge on any atom is -0.487 e. The van der Waals surface area contributed by atoms with Crippen LogP contribution >= 0.6 is 11.6 Å². The van der Waals surface area contributed by atoms with Gasteiger partial charge in [0.15, 0.2) is 0 Å². The lowest BCUT2D eigenvalue weighted by atomic mass is 10.1. The monoisotopic (exact) mass is 453 g/mol. The third-order valence-electron chi connectivity index (χ3n) is 5.35. The molecule has 0 aliphatic carbocycles. The van der Waals surface area contributed by atoms with Crippen LogP contribution in [-0.4, -0.2) is 29.0 Å². The standard InChI is InChI=1S/C24H24ClN3O4/c1-3-30-23(29)12-16-8-4-5-9-21(16)32-15-20-18-13-17(25)14-19(26-2)24(18)28(27-20)22-10-6-7-11-31-22/h4-5,8-9,13-14,22H,3,6-7,10-12,15H2,1H3. The van der Waals surface area contributed by atoms with Crippen molar-refractivity contribution in [3.8, 4) is 5.75 Å². The van der Waals surface area contributed by atoms with Crippen LogP contribution in [0.1, 0.15) is 43.7 Å². The third-order valence-corrected chi connectivity index (χ3v) is 5.57. The summed E-state index contributed by atoms with van der Waals surface area (Å²) < 4.78 is 18.9. The third kappa shape index (κ3) is 4.72. The maximum absolute atomic E-state index is 11.9. The Balaban J connectivity index is 1.66. The second-order valence-electron chi connectivity index (χ2n) is 7.52. The van der Waals surface area contributed by atoms with E-state index in [0.717, 1.165) is 30.2 Å². The molecule has 0 saturated carbocycles. The summed E-state index contributed by atoms with van der Waals surface area (Å²) in [7, 11) is 0. The molecule has 1 aliphatic heterocycles. The van der Waals surface area contributed by atoms with Crippen LogP contribution in [0.4, 0.5) is 5.69 Å². The number of carbonyl (C=O) groups is 1. The molecule has 166 valence electrons. The van der Waals surface area contributed by atoms with E-state index in [1.54, 1.807) is 23.7 Å². The van der Waals surface area contributed by atoms with Gasteiger partial charge in [0.25, 0.3) is 0 Å². The maximum Gasteiger partial charge on any atom is 0.310 e. The summed E-state index contributed by atoms with van der Waals surface area (Å²) in [6.07, 6.45) is 2.80. The Labute approximate surface area is 191 Å². The van der Waals surface area contributed by atoms with Gasteiger partial charge in [-0.3, -0.25) is 4.79 Å². The Morgan fingerprint density at radius 2 is 2.19 bits per heavy atom. The molecule has 1 atom stereocenters. The molecule has 8 heteroatoms. The number of para-hydroxylation sites is 1. The predicted octanol–water partition coefficient (Wildman–Crippen LogP) is 5.62. The van der Waals surface area contributed by atoms with Gasteiger partial charge in [0.1, 0.15) is 24.3 Å². The Kier molecular flexibility index (Phi) is 6.93. The highest BCUT2D eigenvalue weighted by atomic mass is 35.5. The van der Waals surface area contributed by atoms with Gasteiger partial charge >= 0.3 is 5.97 Å². The van der Waals surface area contributed by atoms with Crippen molar-refractivity contribution in [1.29, 1.82) is 0 Å². The van der Waals surface area contributed by atoms with Crippen molar-refractivity contribution >= 4 is 34.2 Å². The largest absolute Gasteiger partial charge is 0.487 e. The van der Waals surface area contributed by atoms with Gasteiger partial charge in [-0.1, -0.05) is 29.8 Å². The molecular weight excluding hydrogens is 430 g/mol. The minimum atomic E-state index is -0.304. The number of rotatable bonds is 7. The van der Waals surface area contributed by atoms with Gasteiger partial charge in [0.05, 0.1) is 25.1 Å². The first-order valence-corrected chi connectivity index (χ1v) is 11.0. The molecule has 0 amide bonds. The Morgan fingerprint density at radius 1 is 1.34 bits per heavy atom. The normalized spacial score (nSPS) is 16.0. The number of hydrogen-bond donors (Lipinski definition) is 0. The van der Waals surface area contributed by atoms with E-state index in [0.29, 0.717) is 40.9 Å². The number of ether oxygens (including phenoxy) is 3.